The van der Waals surface area contributed by atoms with Gasteiger partial charge < -0.3 is 19.8 Å². The van der Waals surface area contributed by atoms with Crippen molar-refractivity contribution in [2.45, 2.75) is 83.0 Å². The van der Waals surface area contributed by atoms with Gasteiger partial charge in [-0.25, -0.2) is 9.97 Å². The number of nitrogens with one attached hydrogen (secondary N) is 2. The summed E-state index contributed by atoms with van der Waals surface area (Å²) in [6.07, 6.45) is 5.08. The van der Waals surface area contributed by atoms with Crippen LogP contribution in [0.15, 0.2) is 30.5 Å². The maximum Gasteiger partial charge on any atom is 0.272 e. The molecule has 2 aliphatic rings. The second-order valence-corrected chi connectivity index (χ2v) is 18.4. The average Bonchev–Trinajstić information content (AvgIpc) is 3.51. The van der Waals surface area contributed by atoms with Gasteiger partial charge in [0.2, 0.25) is 5.95 Å². The molecule has 1 atom stereocenters. The molecular weight excluding hydrogens is 558 g/mol. The van der Waals surface area contributed by atoms with Crippen LogP contribution in [0.1, 0.15) is 74.1 Å². The van der Waals surface area contributed by atoms with Crippen molar-refractivity contribution in [2.75, 3.05) is 25.1 Å². The zero-order valence-electron chi connectivity index (χ0n) is 26.4. The van der Waals surface area contributed by atoms with E-state index in [0.29, 0.717) is 48.5 Å². The van der Waals surface area contributed by atoms with E-state index in [1.54, 1.807) is 24.0 Å². The lowest BCUT2D eigenvalue weighted by molar-refractivity contribution is 0.0694. The molecule has 2 aromatic heterocycles. The summed E-state index contributed by atoms with van der Waals surface area (Å²) in [7, 11) is -0.170. The van der Waals surface area contributed by atoms with E-state index in [1.165, 1.54) is 5.56 Å². The van der Waals surface area contributed by atoms with Gasteiger partial charge in [0.25, 0.3) is 5.91 Å². The molecule has 3 aromatic rings. The van der Waals surface area contributed by atoms with Crippen LogP contribution in [-0.4, -0.2) is 59.8 Å². The topological polar surface area (TPSA) is 127 Å². The molecule has 1 aliphatic carbocycles. The smallest absolute Gasteiger partial charge is 0.272 e. The number of nitriles is 1. The van der Waals surface area contributed by atoms with Crippen LogP contribution < -0.4 is 10.6 Å². The van der Waals surface area contributed by atoms with Crippen molar-refractivity contribution in [3.05, 3.63) is 52.8 Å². The lowest BCUT2D eigenvalue weighted by Gasteiger charge is -2.39. The Kier molecular flexibility index (Phi) is 8.49. The molecule has 1 amide bonds. The minimum absolute atomic E-state index is 0.0887. The van der Waals surface area contributed by atoms with Gasteiger partial charge in [0.15, 0.2) is 14.0 Å². The summed E-state index contributed by atoms with van der Waals surface area (Å²) in [5.74, 6) is 0.754. The van der Waals surface area contributed by atoms with Crippen molar-refractivity contribution in [1.29, 1.82) is 5.26 Å². The highest BCUT2D eigenvalue weighted by molar-refractivity contribution is 6.74. The summed E-state index contributed by atoms with van der Waals surface area (Å²) in [4.78, 5) is 22.0. The number of amides is 1. The first kappa shape index (κ1) is 30.9. The van der Waals surface area contributed by atoms with Gasteiger partial charge in [-0.15, -0.1) is 0 Å². The number of carbonyl (C=O) groups is 1. The Bertz CT molecular complexity index is 1550. The summed E-state index contributed by atoms with van der Waals surface area (Å²) in [5.41, 5.74) is 4.67. The summed E-state index contributed by atoms with van der Waals surface area (Å²) < 4.78 is 13.7. The van der Waals surface area contributed by atoms with E-state index in [1.807, 2.05) is 12.1 Å². The molecule has 1 saturated heterocycles. The number of carbonyl (C=O) groups excluding carboxylic acids is 1. The molecule has 5 rings (SSSR count). The van der Waals surface area contributed by atoms with E-state index in [4.69, 9.17) is 14.1 Å². The fraction of sp³-hybridized carbons (Fsp3) is 0.531. The summed E-state index contributed by atoms with van der Waals surface area (Å²) in [5, 5.41) is 20.8. The molecule has 0 bridgehead atoms. The number of rotatable bonds is 8. The molecule has 0 radical (unpaired) electrons. The average molecular weight is 602 g/mol. The van der Waals surface area contributed by atoms with Crippen LogP contribution in [0.3, 0.4) is 0 Å². The fourth-order valence-electron chi connectivity index (χ4n) is 5.46. The first-order chi connectivity index (χ1) is 20.3. The molecule has 1 aromatic carbocycles. The Labute approximate surface area is 255 Å². The summed E-state index contributed by atoms with van der Waals surface area (Å²) in [6, 6.07) is 10.2. The second-order valence-electron chi connectivity index (χ2n) is 13.6. The molecule has 1 unspecified atom stereocenters. The van der Waals surface area contributed by atoms with E-state index in [0.717, 1.165) is 36.8 Å². The Balaban J connectivity index is 1.37. The number of nitrogens with zero attached hydrogens (tertiary/aromatic N) is 5. The molecule has 11 heteroatoms. The lowest BCUT2D eigenvalue weighted by atomic mass is 9.83. The molecule has 43 heavy (non-hydrogen) atoms. The first-order valence-electron chi connectivity index (χ1n) is 15.0. The zero-order valence-corrected chi connectivity index (χ0v) is 27.4. The van der Waals surface area contributed by atoms with Crippen LogP contribution in [0.2, 0.25) is 18.1 Å². The van der Waals surface area contributed by atoms with Crippen molar-refractivity contribution < 1.29 is 14.0 Å². The van der Waals surface area contributed by atoms with Gasteiger partial charge in [-0.1, -0.05) is 27.7 Å². The van der Waals surface area contributed by atoms with Gasteiger partial charge in [-0.05, 0) is 73.1 Å². The summed E-state index contributed by atoms with van der Waals surface area (Å²) >= 11 is 0. The van der Waals surface area contributed by atoms with E-state index < -0.39 is 8.32 Å². The number of hydrogen-bond acceptors (Lipinski definition) is 8. The molecule has 3 heterocycles. The predicted molar refractivity (Wildman–Crippen MR) is 169 cm³/mol. The van der Waals surface area contributed by atoms with Gasteiger partial charge in [0.05, 0.1) is 17.3 Å². The molecule has 1 aliphatic heterocycles. The van der Waals surface area contributed by atoms with E-state index >= 15 is 0 Å². The minimum Gasteiger partial charge on any atom is -0.416 e. The third-order valence-corrected chi connectivity index (χ3v) is 13.8. The van der Waals surface area contributed by atoms with Gasteiger partial charge in [0, 0.05) is 56.2 Å². The van der Waals surface area contributed by atoms with Gasteiger partial charge in [0.1, 0.15) is 5.82 Å². The maximum atomic E-state index is 12.8. The monoisotopic (exact) mass is 601 g/mol. The maximum absolute atomic E-state index is 12.8. The Morgan fingerprint density at radius 3 is 2.70 bits per heavy atom. The van der Waals surface area contributed by atoms with Crippen molar-refractivity contribution in [2.24, 2.45) is 7.05 Å². The fourth-order valence-corrected chi connectivity index (χ4v) is 6.57. The number of fused-ring (bicyclic) bond motifs is 1. The van der Waals surface area contributed by atoms with Crippen LogP contribution in [0, 0.1) is 11.3 Å². The zero-order chi connectivity index (χ0) is 31.0. The van der Waals surface area contributed by atoms with Crippen molar-refractivity contribution in [3.63, 3.8) is 0 Å². The summed E-state index contributed by atoms with van der Waals surface area (Å²) in [6.45, 7) is 15.5. The van der Waals surface area contributed by atoms with E-state index in [9.17, 15) is 10.1 Å². The van der Waals surface area contributed by atoms with Gasteiger partial charge >= 0.3 is 0 Å². The number of aromatic nitrogens is 4. The normalized spacial score (nSPS) is 19.1. The standard InChI is InChI=1S/C32H43N7O3Si/c1-31(2,3)43(6,7)42-20-32(4)12-8-24-22(19-33)16-21(17-25(24)32)26-9-13-34-30(36-26)37-28-18-27(38-39(28)5)29(40)35-23-10-14-41-15-11-23/h9,13,16-18,23H,8,10-12,14-15,20H2,1-7H3,(H,35,40)(H,34,36,37). The van der Waals surface area contributed by atoms with E-state index in [2.05, 4.69) is 73.6 Å². The number of aryl methyl sites for hydroxylation is 1. The van der Waals surface area contributed by atoms with Crippen molar-refractivity contribution in [3.8, 4) is 17.3 Å². The third kappa shape index (κ3) is 6.51. The van der Waals surface area contributed by atoms with Crippen LogP contribution in [0.5, 0.6) is 0 Å². The molecule has 0 spiro atoms. The van der Waals surface area contributed by atoms with Gasteiger partial charge in [-0.2, -0.15) is 10.4 Å². The van der Waals surface area contributed by atoms with Gasteiger partial charge in [-0.3, -0.25) is 9.48 Å². The third-order valence-electron chi connectivity index (χ3n) is 9.37. The molecule has 1 fully saturated rings. The molecule has 10 nitrogen and oxygen atoms in total. The molecular formula is C32H43N7O3Si. The quantitative estimate of drug-likeness (QED) is 0.318. The van der Waals surface area contributed by atoms with Crippen molar-refractivity contribution >= 4 is 26.0 Å². The van der Waals surface area contributed by atoms with Crippen molar-refractivity contribution in [1.82, 2.24) is 25.1 Å². The SMILES string of the molecule is Cn1nc(C(=O)NC2CCOCC2)cc1Nc1nccc(-c2cc(C#N)c3c(c2)C(C)(CO[Si](C)(C)C(C)(C)C)CC3)n1. The number of hydrogen-bond donors (Lipinski definition) is 2. The number of anilines is 2. The predicted octanol–water partition coefficient (Wildman–Crippen LogP) is 5.63. The Morgan fingerprint density at radius 2 is 2.00 bits per heavy atom. The van der Waals surface area contributed by atoms with Crippen LogP contribution in [0.25, 0.3) is 11.3 Å². The molecule has 2 N–H and O–H groups in total. The highest BCUT2D eigenvalue weighted by Crippen LogP contribution is 2.45. The highest BCUT2D eigenvalue weighted by Gasteiger charge is 2.42. The Morgan fingerprint density at radius 1 is 1.26 bits per heavy atom. The van der Waals surface area contributed by atoms with Crippen LogP contribution >= 0.6 is 0 Å². The first-order valence-corrected chi connectivity index (χ1v) is 17.9. The Hall–Kier alpha value is -3.59. The minimum atomic E-state index is -1.94. The number of benzene rings is 1. The second kappa shape index (κ2) is 11.8. The molecule has 0 saturated carbocycles. The van der Waals surface area contributed by atoms with Crippen LogP contribution in [-0.2, 0) is 28.0 Å². The van der Waals surface area contributed by atoms with E-state index in [-0.39, 0.29) is 22.4 Å². The van der Waals surface area contributed by atoms with Crippen LogP contribution in [0.4, 0.5) is 11.8 Å². The highest BCUT2D eigenvalue weighted by atomic mass is 28.4. The largest absolute Gasteiger partial charge is 0.416 e. The number of ether oxygens (including phenoxy) is 1. The lowest BCUT2D eigenvalue weighted by Crippen LogP contribution is -2.44. The molecule has 228 valence electrons.